The van der Waals surface area contributed by atoms with Crippen LogP contribution in [0.4, 0.5) is 0 Å². The fourth-order valence-corrected chi connectivity index (χ4v) is 12.3. The van der Waals surface area contributed by atoms with Crippen LogP contribution >= 0.6 is 23.5 Å². The van der Waals surface area contributed by atoms with Crippen molar-refractivity contribution in [2.75, 3.05) is 110 Å². The Labute approximate surface area is 690 Å². The van der Waals surface area contributed by atoms with Crippen molar-refractivity contribution in [3.8, 4) is 0 Å². The van der Waals surface area contributed by atoms with Crippen molar-refractivity contribution in [2.45, 2.75) is 153 Å². The van der Waals surface area contributed by atoms with Crippen molar-refractivity contribution in [2.24, 2.45) is 39.8 Å². The second-order valence-corrected chi connectivity index (χ2v) is 30.2. The highest BCUT2D eigenvalue weighted by atomic mass is 32.2. The number of benzene rings is 1. The van der Waals surface area contributed by atoms with Crippen LogP contribution in [0.5, 0.6) is 0 Å². The number of imidazole rings is 1. The van der Waals surface area contributed by atoms with Crippen LogP contribution in [-0.4, -0.2) is 302 Å². The Morgan fingerprint density at radius 1 is 0.568 bits per heavy atom. The second kappa shape index (κ2) is 54.6. The first-order valence-electron chi connectivity index (χ1n) is 37.9. The van der Waals surface area contributed by atoms with Gasteiger partial charge in [0.25, 0.3) is 0 Å². The summed E-state index contributed by atoms with van der Waals surface area (Å²) >= 11 is 2.52. The number of aliphatic imine (C=N–C) groups is 1. The Morgan fingerprint density at radius 3 is 1.75 bits per heavy atom. The fraction of sp³-hybridized carbons (Fsp3) is 0.597. The molecule has 10 atom stereocenters. The molecule has 17 amide bonds. The first-order valence-corrected chi connectivity index (χ1v) is 40.4. The number of hydrogen-bond acceptors (Lipinski definition) is 25. The number of ether oxygens (including phenoxy) is 2. The third-order valence-corrected chi connectivity index (χ3v) is 18.5. The number of nitrogens with two attached hydrogens (primary N) is 4. The molecule has 0 aliphatic heterocycles. The van der Waals surface area contributed by atoms with E-state index in [2.05, 4.69) is 99.7 Å². The van der Waals surface area contributed by atoms with Crippen LogP contribution in [0.3, 0.4) is 0 Å². The van der Waals surface area contributed by atoms with Crippen molar-refractivity contribution in [3.05, 3.63) is 54.2 Å². The van der Waals surface area contributed by atoms with Crippen molar-refractivity contribution in [1.82, 2.24) is 99.6 Å². The first kappa shape index (κ1) is 101. The quantitative estimate of drug-likeness (QED) is 0.0108. The summed E-state index contributed by atoms with van der Waals surface area (Å²) in [7, 11) is 3.25. The van der Waals surface area contributed by atoms with Gasteiger partial charge in [-0.2, -0.15) is 11.8 Å². The van der Waals surface area contributed by atoms with E-state index in [4.69, 9.17) is 32.4 Å². The summed E-state index contributed by atoms with van der Waals surface area (Å²) in [6.07, 6.45) is 5.41. The number of aromatic nitrogens is 3. The van der Waals surface area contributed by atoms with Crippen molar-refractivity contribution in [1.29, 1.82) is 0 Å². The number of aliphatic hydroxyl groups excluding tert-OH is 1. The normalized spacial score (nSPS) is 13.6. The second-order valence-electron chi connectivity index (χ2n) is 28.1. The van der Waals surface area contributed by atoms with Gasteiger partial charge in [0.1, 0.15) is 67.0 Å². The van der Waals surface area contributed by atoms with Crippen molar-refractivity contribution in [3.63, 3.8) is 0 Å². The molecule has 0 aliphatic rings. The number of fused-ring (bicyclic) bond motifs is 1. The van der Waals surface area contributed by atoms with Crippen molar-refractivity contribution >= 4 is 141 Å². The number of aromatic amines is 2. The predicted molar refractivity (Wildman–Crippen MR) is 435 cm³/mol. The molecule has 0 bridgehead atoms. The molecule has 3 rings (SSSR count). The van der Waals surface area contributed by atoms with Crippen LogP contribution in [0.2, 0.25) is 0 Å². The maximum absolute atomic E-state index is 14.5. The number of carbonyl (C=O) groups is 17. The summed E-state index contributed by atoms with van der Waals surface area (Å²) in [4.78, 5) is 241. The van der Waals surface area contributed by atoms with Crippen LogP contribution in [-0.2, 0) is 104 Å². The number of primary amides is 2. The fourth-order valence-electron chi connectivity index (χ4n) is 10.9. The van der Waals surface area contributed by atoms with Gasteiger partial charge in [0.15, 0.2) is 5.96 Å². The number of hydrogen-bond donors (Lipinski definition) is 22. The van der Waals surface area contributed by atoms with E-state index in [-0.39, 0.29) is 107 Å². The third kappa shape index (κ3) is 40.6. The number of likely N-dealkylation sites (N-methyl/N-ethyl adjacent to an activating group) is 1. The van der Waals surface area contributed by atoms with E-state index in [0.717, 1.165) is 11.8 Å². The van der Waals surface area contributed by atoms with Crippen LogP contribution in [0.25, 0.3) is 10.9 Å². The molecule has 656 valence electrons. The molecule has 0 saturated heterocycles. The van der Waals surface area contributed by atoms with Gasteiger partial charge >= 0.3 is 0 Å². The lowest BCUT2D eigenvalue weighted by Gasteiger charge is -2.26. The highest BCUT2D eigenvalue weighted by Crippen LogP contribution is 2.20. The number of nitrogens with one attached hydrogen (secondary N) is 17. The smallest absolute Gasteiger partial charge is 0.246 e. The number of amides is 17. The van der Waals surface area contributed by atoms with Gasteiger partial charge in [-0.15, -0.1) is 11.8 Å². The molecule has 0 spiro atoms. The number of aliphatic hydroxyl groups is 1. The van der Waals surface area contributed by atoms with E-state index in [1.807, 2.05) is 20.1 Å². The molecule has 2 aromatic heterocycles. The van der Waals surface area contributed by atoms with Gasteiger partial charge in [-0.1, -0.05) is 45.9 Å². The number of thioether (sulfide) groups is 2. The summed E-state index contributed by atoms with van der Waals surface area (Å²) in [6, 6.07) is -6.34. The number of nitrogens with zero attached hydrogens (tertiary/aromatic N) is 3. The standard InChI is InChI=1S/C72H116N24O20S2/c1-39(2)25-50(68(111)91-47(62(74)105)18-24-117-9)92-69(112)52(27-44-29-77-37-84-44)89-58(102)32-83-71(114)61(40(3)4)95-63(106)41(5)86-67(110)51(26-43-28-80-46-14-11-10-13-45(43)46)93-66(109)49(16-17-55(73)99)87-57(101)31-82-64(107)48(15-12-19-79-72(75)76)88-60(104)35-116-23-22-115-21-20-78-56(100)30-81-65(108)54(36-118-38-85-42(6)98)94-70(113)53(34-97)90-59(103)33-96(7)8/h10-11,13-14,28-29,37,39-41,47-54,61,80,97H,12,15-27,30-36,38H2,1-9H3,(H2,73,99)(H2,74,105)(H,77,84)(H,78,100)(H,81,108)(H,82,107)(H,83,114)(H,85,98)(H,86,110)(H,87,101)(H,88,104)(H,89,102)(H,90,103)(H,91,111)(H,92,112)(H,93,109)(H,94,113)(H,95,106)(H4,75,76,79)/t41-,47-,48-,49-,50-,51-,52-,53-,54-,61-/m0/s1. The molecule has 0 radical (unpaired) electrons. The monoisotopic (exact) mass is 1700 g/mol. The average molecular weight is 1700 g/mol. The van der Waals surface area contributed by atoms with E-state index in [1.54, 1.807) is 58.4 Å². The van der Waals surface area contributed by atoms with E-state index in [0.29, 0.717) is 27.9 Å². The molecule has 26 N–H and O–H groups in total. The van der Waals surface area contributed by atoms with Gasteiger partial charge in [-0.3, -0.25) is 86.5 Å². The number of guanidine groups is 1. The first-order chi connectivity index (χ1) is 55.9. The van der Waals surface area contributed by atoms with Crippen LogP contribution in [0.1, 0.15) is 91.3 Å². The van der Waals surface area contributed by atoms with E-state index in [1.165, 1.54) is 43.0 Å². The molecule has 3 aromatic rings. The molecule has 46 heteroatoms. The predicted octanol–water partition coefficient (Wildman–Crippen LogP) is -8.32. The maximum Gasteiger partial charge on any atom is 0.246 e. The van der Waals surface area contributed by atoms with Gasteiger partial charge in [0.2, 0.25) is 100 Å². The SMILES string of the molecule is CSCC[C@H](NC(=O)[C@H](CC(C)C)NC(=O)[C@H](Cc1cnc[nH]1)NC(=O)CNC(=O)[C@@H](NC(=O)[C@H](C)NC(=O)[C@H](Cc1c[nH]c2ccccc12)NC(=O)[C@H](CCC(N)=O)NC(=O)CNC(=O)[C@H](CCCN=C(N)N)NC(=O)COCCOCCNC(=O)CNC(=O)[C@H](CSCNC(C)=O)NC(=O)[C@H](CO)NC(=O)CN(C)C)C(C)C)C(N)=O. The minimum Gasteiger partial charge on any atom is -0.394 e. The van der Waals surface area contributed by atoms with Crippen LogP contribution in [0.15, 0.2) is 48.0 Å². The molecular formula is C72H116N24O20S2. The van der Waals surface area contributed by atoms with Gasteiger partial charge < -0.3 is 132 Å². The molecule has 0 unspecified atom stereocenters. The highest BCUT2D eigenvalue weighted by Gasteiger charge is 2.35. The molecule has 0 saturated carbocycles. The van der Waals surface area contributed by atoms with Gasteiger partial charge in [0, 0.05) is 74.0 Å². The van der Waals surface area contributed by atoms with Crippen molar-refractivity contribution < 1.29 is 96.1 Å². The Kier molecular flexibility index (Phi) is 46.7. The molecule has 2 heterocycles. The van der Waals surface area contributed by atoms with E-state index in [9.17, 15) is 86.6 Å². The average Bonchev–Trinajstić information content (AvgIpc) is 1.67. The minimum absolute atomic E-state index is 0.0279. The molecule has 118 heavy (non-hydrogen) atoms. The molecule has 44 nitrogen and oxygen atoms in total. The van der Waals surface area contributed by atoms with Crippen LogP contribution < -0.4 is 103 Å². The Balaban J connectivity index is 1.66. The Bertz CT molecular complexity index is 3860. The van der Waals surface area contributed by atoms with Crippen LogP contribution in [0, 0.1) is 11.8 Å². The third-order valence-electron chi connectivity index (χ3n) is 17.0. The van der Waals surface area contributed by atoms with Gasteiger partial charge in [0.05, 0.1) is 64.8 Å². The van der Waals surface area contributed by atoms with Gasteiger partial charge in [-0.05, 0) is 88.6 Å². The topological polar surface area (TPSA) is 673 Å². The lowest BCUT2D eigenvalue weighted by molar-refractivity contribution is -0.135. The zero-order valence-corrected chi connectivity index (χ0v) is 69.3. The molecule has 0 aliphatic carbocycles. The number of para-hydroxylation sites is 1. The maximum atomic E-state index is 14.5. The van der Waals surface area contributed by atoms with E-state index < -0.39 is 207 Å². The van der Waals surface area contributed by atoms with E-state index >= 15 is 0 Å². The number of rotatable bonds is 58. The summed E-state index contributed by atoms with van der Waals surface area (Å²) in [5.41, 5.74) is 23.6. The summed E-state index contributed by atoms with van der Waals surface area (Å²) in [5.74, 6) is -13.9. The highest BCUT2D eigenvalue weighted by molar-refractivity contribution is 7.99. The summed E-state index contributed by atoms with van der Waals surface area (Å²) < 4.78 is 10.9. The Hall–Kier alpha value is -11.2. The molecular weight excluding hydrogens is 1590 g/mol. The number of H-pyrrole nitrogens is 2. The largest absolute Gasteiger partial charge is 0.394 e. The zero-order valence-electron chi connectivity index (χ0n) is 67.7. The summed E-state index contributed by atoms with van der Waals surface area (Å²) in [6.45, 7) is 5.63. The van der Waals surface area contributed by atoms with Gasteiger partial charge in [-0.25, -0.2) is 4.98 Å². The summed E-state index contributed by atoms with van der Waals surface area (Å²) in [5, 5.41) is 48.2. The Morgan fingerprint density at radius 2 is 1.14 bits per heavy atom. The lowest BCUT2D eigenvalue weighted by Crippen LogP contribution is -2.59. The minimum atomic E-state index is -1.60. The molecule has 0 fully saturated rings. The lowest BCUT2D eigenvalue weighted by atomic mass is 10.0. The number of carbonyl (C=O) groups excluding carboxylic acids is 17. The zero-order chi connectivity index (χ0) is 88.0. The molecule has 1 aromatic carbocycles.